The van der Waals surface area contributed by atoms with E-state index >= 15 is 0 Å². The molecule has 2 aliphatic heterocycles. The maximum Gasteiger partial charge on any atom is 0.0940 e. The van der Waals surface area contributed by atoms with Crippen molar-refractivity contribution in [3.8, 4) is 0 Å². The fraction of sp³-hybridized carbons (Fsp3) is 0.923. The van der Waals surface area contributed by atoms with Gasteiger partial charge >= 0.3 is 0 Å². The summed E-state index contributed by atoms with van der Waals surface area (Å²) in [6, 6.07) is 0.504. The van der Waals surface area contributed by atoms with Crippen LogP contribution < -0.4 is 5.73 Å². The van der Waals surface area contributed by atoms with Crippen LogP contribution in [0.25, 0.3) is 0 Å². The summed E-state index contributed by atoms with van der Waals surface area (Å²) in [5.41, 5.74) is 5.87. The number of likely N-dealkylation sites (tertiary alicyclic amines) is 1. The monoisotopic (exact) mass is 223 g/mol. The largest absolute Gasteiger partial charge is 0.387 e. The third-order valence-electron chi connectivity index (χ3n) is 3.80. The first-order valence-electron chi connectivity index (χ1n) is 6.89. The van der Waals surface area contributed by atoms with Crippen LogP contribution in [0.1, 0.15) is 51.4 Å². The normalized spacial score (nSPS) is 28.5. The molecule has 3 heteroatoms. The summed E-state index contributed by atoms with van der Waals surface area (Å²) >= 11 is 0. The molecule has 2 N–H and O–H groups in total. The number of aliphatic imine (C=N–C) groups is 1. The highest BCUT2D eigenvalue weighted by atomic mass is 15.1. The third-order valence-corrected chi connectivity index (χ3v) is 3.80. The number of nitrogens with two attached hydrogens (primary N) is 1. The maximum absolute atomic E-state index is 5.87. The second-order valence-electron chi connectivity index (χ2n) is 5.21. The standard InChI is InChI=1S/C13H25N3/c14-13-7-3-2-6-12(15-13)8-11-16-9-4-1-5-10-16/h12H,1-11H2,(H2,14,15). The molecule has 1 unspecified atom stereocenters. The van der Waals surface area contributed by atoms with E-state index in [0.29, 0.717) is 6.04 Å². The number of hydrogen-bond donors (Lipinski definition) is 1. The molecule has 1 saturated heterocycles. The van der Waals surface area contributed by atoms with Gasteiger partial charge in [-0.1, -0.05) is 12.8 Å². The molecule has 0 spiro atoms. The van der Waals surface area contributed by atoms with Crippen LogP contribution >= 0.6 is 0 Å². The zero-order valence-corrected chi connectivity index (χ0v) is 10.3. The van der Waals surface area contributed by atoms with Gasteiger partial charge in [0.05, 0.1) is 11.9 Å². The van der Waals surface area contributed by atoms with Crippen molar-refractivity contribution >= 4 is 5.84 Å². The Balaban J connectivity index is 1.73. The van der Waals surface area contributed by atoms with Gasteiger partial charge < -0.3 is 10.6 Å². The lowest BCUT2D eigenvalue weighted by Gasteiger charge is -2.27. The van der Waals surface area contributed by atoms with Gasteiger partial charge in [-0.15, -0.1) is 0 Å². The molecule has 2 aliphatic rings. The van der Waals surface area contributed by atoms with Crippen LogP contribution in [-0.2, 0) is 0 Å². The summed E-state index contributed by atoms with van der Waals surface area (Å²) < 4.78 is 0. The summed E-state index contributed by atoms with van der Waals surface area (Å²) in [5.74, 6) is 0.890. The highest BCUT2D eigenvalue weighted by molar-refractivity contribution is 5.80. The van der Waals surface area contributed by atoms with Gasteiger partial charge in [-0.2, -0.15) is 0 Å². The molecule has 0 amide bonds. The second-order valence-corrected chi connectivity index (χ2v) is 5.21. The van der Waals surface area contributed by atoms with Crippen LogP contribution in [0.5, 0.6) is 0 Å². The van der Waals surface area contributed by atoms with Crippen molar-refractivity contribution < 1.29 is 0 Å². The quantitative estimate of drug-likeness (QED) is 0.796. The fourth-order valence-electron chi connectivity index (χ4n) is 2.77. The molecule has 0 bridgehead atoms. The van der Waals surface area contributed by atoms with Gasteiger partial charge in [0.2, 0.25) is 0 Å². The smallest absolute Gasteiger partial charge is 0.0940 e. The van der Waals surface area contributed by atoms with Gasteiger partial charge in [0.1, 0.15) is 0 Å². The molecule has 2 heterocycles. The molecule has 16 heavy (non-hydrogen) atoms. The van der Waals surface area contributed by atoms with E-state index < -0.39 is 0 Å². The second kappa shape index (κ2) is 6.24. The number of piperidine rings is 1. The highest BCUT2D eigenvalue weighted by Gasteiger charge is 2.15. The van der Waals surface area contributed by atoms with Crippen molar-refractivity contribution in [3.05, 3.63) is 0 Å². The lowest BCUT2D eigenvalue weighted by atomic mass is 10.1. The minimum atomic E-state index is 0.504. The molecule has 2 rings (SSSR count). The number of amidine groups is 1. The molecule has 1 atom stereocenters. The van der Waals surface area contributed by atoms with E-state index in [0.717, 1.165) is 12.3 Å². The molecule has 0 aromatic carbocycles. The summed E-state index contributed by atoms with van der Waals surface area (Å²) in [4.78, 5) is 7.23. The minimum absolute atomic E-state index is 0.504. The first-order chi connectivity index (χ1) is 7.84. The molecular formula is C13H25N3. The average molecular weight is 223 g/mol. The molecule has 0 radical (unpaired) electrons. The van der Waals surface area contributed by atoms with Crippen LogP contribution in [-0.4, -0.2) is 36.4 Å². The average Bonchev–Trinajstić information content (AvgIpc) is 2.52. The first kappa shape index (κ1) is 11.9. The highest BCUT2D eigenvalue weighted by Crippen LogP contribution is 2.17. The molecular weight excluding hydrogens is 198 g/mol. The van der Waals surface area contributed by atoms with Crippen molar-refractivity contribution in [1.82, 2.24) is 4.90 Å². The zero-order chi connectivity index (χ0) is 11.2. The number of rotatable bonds is 3. The maximum atomic E-state index is 5.87. The van der Waals surface area contributed by atoms with Crippen LogP contribution in [0.2, 0.25) is 0 Å². The topological polar surface area (TPSA) is 41.6 Å². The van der Waals surface area contributed by atoms with E-state index in [9.17, 15) is 0 Å². The van der Waals surface area contributed by atoms with Gasteiger partial charge in [0, 0.05) is 13.0 Å². The zero-order valence-electron chi connectivity index (χ0n) is 10.3. The van der Waals surface area contributed by atoms with Gasteiger partial charge in [0.25, 0.3) is 0 Å². The van der Waals surface area contributed by atoms with Gasteiger partial charge in [-0.25, -0.2) is 0 Å². The Bertz CT molecular complexity index is 231. The summed E-state index contributed by atoms with van der Waals surface area (Å²) in [6.07, 6.45) is 10.2. The van der Waals surface area contributed by atoms with Gasteiger partial charge in [0.15, 0.2) is 0 Å². The summed E-state index contributed by atoms with van der Waals surface area (Å²) in [7, 11) is 0. The van der Waals surface area contributed by atoms with Crippen molar-refractivity contribution in [2.24, 2.45) is 10.7 Å². The first-order valence-corrected chi connectivity index (χ1v) is 6.89. The molecule has 92 valence electrons. The van der Waals surface area contributed by atoms with Crippen molar-refractivity contribution in [2.45, 2.75) is 57.4 Å². The third kappa shape index (κ3) is 3.78. The Kier molecular flexibility index (Phi) is 4.64. The van der Waals surface area contributed by atoms with E-state index in [1.165, 1.54) is 64.6 Å². The number of nitrogens with zero attached hydrogens (tertiary/aromatic N) is 2. The van der Waals surface area contributed by atoms with E-state index in [4.69, 9.17) is 5.73 Å². The Labute approximate surface area is 99.1 Å². The summed E-state index contributed by atoms with van der Waals surface area (Å²) in [6.45, 7) is 3.82. The fourth-order valence-corrected chi connectivity index (χ4v) is 2.77. The van der Waals surface area contributed by atoms with Gasteiger partial charge in [-0.3, -0.25) is 4.99 Å². The molecule has 1 fully saturated rings. The van der Waals surface area contributed by atoms with Crippen LogP contribution in [0.15, 0.2) is 4.99 Å². The SMILES string of the molecule is NC1=NC(CCN2CCCCC2)CCCC1. The minimum Gasteiger partial charge on any atom is -0.387 e. The molecule has 3 nitrogen and oxygen atoms in total. The molecule has 0 aliphatic carbocycles. The van der Waals surface area contributed by atoms with Crippen LogP contribution in [0.3, 0.4) is 0 Å². The Morgan fingerprint density at radius 3 is 2.75 bits per heavy atom. The van der Waals surface area contributed by atoms with Crippen LogP contribution in [0.4, 0.5) is 0 Å². The molecule has 0 aromatic heterocycles. The van der Waals surface area contributed by atoms with E-state index in [1.54, 1.807) is 0 Å². The van der Waals surface area contributed by atoms with Crippen LogP contribution in [0, 0.1) is 0 Å². The lowest BCUT2D eigenvalue weighted by Crippen LogP contribution is -2.32. The Hall–Kier alpha value is -0.570. The van der Waals surface area contributed by atoms with Crippen molar-refractivity contribution in [3.63, 3.8) is 0 Å². The Morgan fingerprint density at radius 1 is 1.12 bits per heavy atom. The van der Waals surface area contributed by atoms with Gasteiger partial charge in [-0.05, 0) is 45.2 Å². The van der Waals surface area contributed by atoms with E-state index in [2.05, 4.69) is 9.89 Å². The van der Waals surface area contributed by atoms with Crippen molar-refractivity contribution in [1.29, 1.82) is 0 Å². The molecule has 0 saturated carbocycles. The van der Waals surface area contributed by atoms with E-state index in [1.807, 2.05) is 0 Å². The predicted octanol–water partition coefficient (Wildman–Crippen LogP) is 2.16. The number of hydrogen-bond acceptors (Lipinski definition) is 3. The summed E-state index contributed by atoms with van der Waals surface area (Å²) in [5, 5.41) is 0. The molecule has 0 aromatic rings. The van der Waals surface area contributed by atoms with E-state index in [-0.39, 0.29) is 0 Å². The Morgan fingerprint density at radius 2 is 1.94 bits per heavy atom. The van der Waals surface area contributed by atoms with Crippen molar-refractivity contribution in [2.75, 3.05) is 19.6 Å². The lowest BCUT2D eigenvalue weighted by molar-refractivity contribution is 0.220. The predicted molar refractivity (Wildman–Crippen MR) is 68.8 cm³/mol.